The number of benzene rings is 3. The Labute approximate surface area is 231 Å². The van der Waals surface area contributed by atoms with Crippen LogP contribution in [0.3, 0.4) is 0 Å². The van der Waals surface area contributed by atoms with E-state index in [0.29, 0.717) is 18.8 Å². The SMILES string of the molecule is Cc1ccccc1-n1nc(C(C)(C)C)cc1NC(=O)CN(CCc1ccccc1)C(=O)C=Cc1ccccc1. The number of carbonyl (C=O) groups is 2. The van der Waals surface area contributed by atoms with Gasteiger partial charge in [0.05, 0.1) is 11.4 Å². The largest absolute Gasteiger partial charge is 0.330 e. The predicted molar refractivity (Wildman–Crippen MR) is 158 cm³/mol. The monoisotopic (exact) mass is 520 g/mol. The highest BCUT2D eigenvalue weighted by Crippen LogP contribution is 2.27. The molecule has 0 saturated carbocycles. The van der Waals surface area contributed by atoms with Crippen LogP contribution in [0, 0.1) is 6.92 Å². The lowest BCUT2D eigenvalue weighted by Crippen LogP contribution is -2.38. The molecule has 0 fully saturated rings. The second-order valence-electron chi connectivity index (χ2n) is 10.7. The van der Waals surface area contributed by atoms with Gasteiger partial charge in [0, 0.05) is 24.1 Å². The van der Waals surface area contributed by atoms with E-state index in [1.807, 2.05) is 97.9 Å². The van der Waals surface area contributed by atoms with Gasteiger partial charge in [0.2, 0.25) is 11.8 Å². The van der Waals surface area contributed by atoms with E-state index in [0.717, 1.165) is 28.1 Å². The number of nitrogens with zero attached hydrogens (tertiary/aromatic N) is 3. The molecule has 4 rings (SSSR count). The molecule has 0 bridgehead atoms. The van der Waals surface area contributed by atoms with E-state index < -0.39 is 0 Å². The van der Waals surface area contributed by atoms with Gasteiger partial charge in [-0.1, -0.05) is 99.6 Å². The maximum absolute atomic E-state index is 13.4. The summed E-state index contributed by atoms with van der Waals surface area (Å²) in [6.45, 7) is 8.63. The molecule has 0 saturated heterocycles. The molecule has 3 aromatic carbocycles. The molecule has 1 heterocycles. The Balaban J connectivity index is 1.56. The average Bonchev–Trinajstić information content (AvgIpc) is 3.35. The Bertz CT molecular complexity index is 1430. The number of amides is 2. The van der Waals surface area contributed by atoms with Crippen LogP contribution in [-0.4, -0.2) is 39.6 Å². The Morgan fingerprint density at radius 2 is 1.56 bits per heavy atom. The van der Waals surface area contributed by atoms with E-state index in [2.05, 4.69) is 26.1 Å². The molecule has 0 aliphatic carbocycles. The van der Waals surface area contributed by atoms with Gasteiger partial charge < -0.3 is 10.2 Å². The quantitative estimate of drug-likeness (QED) is 0.267. The van der Waals surface area contributed by atoms with E-state index in [9.17, 15) is 9.59 Å². The molecule has 4 aromatic rings. The van der Waals surface area contributed by atoms with Crippen molar-refractivity contribution in [3.63, 3.8) is 0 Å². The molecule has 0 atom stereocenters. The summed E-state index contributed by atoms with van der Waals surface area (Å²) in [5.41, 5.74) is 4.63. The lowest BCUT2D eigenvalue weighted by Gasteiger charge is -2.21. The molecule has 200 valence electrons. The van der Waals surface area contributed by atoms with Gasteiger partial charge in [0.1, 0.15) is 12.4 Å². The van der Waals surface area contributed by atoms with Crippen molar-refractivity contribution in [3.05, 3.63) is 119 Å². The van der Waals surface area contributed by atoms with Crippen LogP contribution < -0.4 is 5.32 Å². The average molecular weight is 521 g/mol. The van der Waals surface area contributed by atoms with Crippen molar-refractivity contribution in [2.24, 2.45) is 0 Å². The fraction of sp³-hybridized carbons (Fsp3) is 0.242. The highest BCUT2D eigenvalue weighted by Gasteiger charge is 2.23. The predicted octanol–water partition coefficient (Wildman–Crippen LogP) is 6.20. The Kier molecular flexibility index (Phi) is 8.77. The van der Waals surface area contributed by atoms with Gasteiger partial charge in [-0.15, -0.1) is 0 Å². The highest BCUT2D eigenvalue weighted by atomic mass is 16.2. The molecular formula is C33H36N4O2. The topological polar surface area (TPSA) is 67.2 Å². The minimum Gasteiger partial charge on any atom is -0.330 e. The van der Waals surface area contributed by atoms with E-state index >= 15 is 0 Å². The number of aryl methyl sites for hydroxylation is 1. The minimum absolute atomic E-state index is 0.0748. The molecular weight excluding hydrogens is 484 g/mol. The summed E-state index contributed by atoms with van der Waals surface area (Å²) in [5, 5.41) is 7.86. The fourth-order valence-corrected chi connectivity index (χ4v) is 4.19. The highest BCUT2D eigenvalue weighted by molar-refractivity contribution is 5.98. The number of hydrogen-bond acceptors (Lipinski definition) is 3. The zero-order valence-electron chi connectivity index (χ0n) is 23.1. The number of nitrogens with one attached hydrogen (secondary N) is 1. The summed E-state index contributed by atoms with van der Waals surface area (Å²) in [5.74, 6) is 0.0851. The molecule has 0 spiro atoms. The molecule has 0 aliphatic heterocycles. The van der Waals surface area contributed by atoms with Crippen LogP contribution in [0.25, 0.3) is 11.8 Å². The van der Waals surface area contributed by atoms with E-state index in [4.69, 9.17) is 5.10 Å². The van der Waals surface area contributed by atoms with Crippen molar-refractivity contribution in [3.8, 4) is 5.69 Å². The number of rotatable bonds is 9. The molecule has 1 N–H and O–H groups in total. The first-order valence-electron chi connectivity index (χ1n) is 13.2. The van der Waals surface area contributed by atoms with Gasteiger partial charge in [0.25, 0.3) is 0 Å². The molecule has 0 aliphatic rings. The number of anilines is 1. The maximum Gasteiger partial charge on any atom is 0.247 e. The van der Waals surface area contributed by atoms with Crippen LogP contribution in [0.4, 0.5) is 5.82 Å². The number of aromatic nitrogens is 2. The first kappa shape index (κ1) is 27.6. The summed E-state index contributed by atoms with van der Waals surface area (Å²) in [6.07, 6.45) is 3.95. The van der Waals surface area contributed by atoms with E-state index in [1.165, 1.54) is 6.08 Å². The van der Waals surface area contributed by atoms with Crippen LogP contribution in [0.5, 0.6) is 0 Å². The number of para-hydroxylation sites is 1. The van der Waals surface area contributed by atoms with Crippen molar-refractivity contribution in [2.45, 2.75) is 39.5 Å². The van der Waals surface area contributed by atoms with Crippen molar-refractivity contribution in [1.82, 2.24) is 14.7 Å². The summed E-state index contributed by atoms with van der Waals surface area (Å²) >= 11 is 0. The van der Waals surface area contributed by atoms with Crippen molar-refractivity contribution >= 4 is 23.7 Å². The summed E-state index contributed by atoms with van der Waals surface area (Å²) in [4.78, 5) is 28.2. The smallest absolute Gasteiger partial charge is 0.247 e. The normalized spacial score (nSPS) is 11.5. The van der Waals surface area contributed by atoms with E-state index in [-0.39, 0.29) is 23.8 Å². The third kappa shape index (κ3) is 7.54. The molecule has 0 radical (unpaired) electrons. The first-order valence-corrected chi connectivity index (χ1v) is 13.2. The Hall–Kier alpha value is -4.45. The molecule has 6 nitrogen and oxygen atoms in total. The van der Waals surface area contributed by atoms with Gasteiger partial charge in [-0.05, 0) is 42.2 Å². The summed E-state index contributed by atoms with van der Waals surface area (Å²) in [7, 11) is 0. The standard InChI is InChI=1S/C33H36N4O2/c1-25-13-11-12-18-28(25)37-30(23-29(35-37)33(2,3)4)34-31(38)24-36(22-21-27-16-9-6-10-17-27)32(39)20-19-26-14-7-5-8-15-26/h5-20,23H,21-22,24H2,1-4H3,(H,34,38). The second kappa shape index (κ2) is 12.4. The molecule has 39 heavy (non-hydrogen) atoms. The zero-order valence-corrected chi connectivity index (χ0v) is 23.1. The lowest BCUT2D eigenvalue weighted by molar-refractivity contribution is -0.130. The van der Waals surface area contributed by atoms with Gasteiger partial charge in [0.15, 0.2) is 0 Å². The number of carbonyl (C=O) groups excluding carboxylic acids is 2. The second-order valence-corrected chi connectivity index (χ2v) is 10.7. The summed E-state index contributed by atoms with van der Waals surface area (Å²) < 4.78 is 1.78. The van der Waals surface area contributed by atoms with Crippen molar-refractivity contribution in [2.75, 3.05) is 18.4 Å². The summed E-state index contributed by atoms with van der Waals surface area (Å²) in [6, 6.07) is 29.5. The van der Waals surface area contributed by atoms with Gasteiger partial charge in [-0.3, -0.25) is 9.59 Å². The van der Waals surface area contributed by atoms with Crippen LogP contribution in [0.15, 0.2) is 97.1 Å². The lowest BCUT2D eigenvalue weighted by atomic mass is 9.92. The van der Waals surface area contributed by atoms with Gasteiger partial charge >= 0.3 is 0 Å². The van der Waals surface area contributed by atoms with Crippen LogP contribution >= 0.6 is 0 Å². The Morgan fingerprint density at radius 1 is 0.923 bits per heavy atom. The third-order valence-corrected chi connectivity index (χ3v) is 6.47. The van der Waals surface area contributed by atoms with Crippen LogP contribution in [0.2, 0.25) is 0 Å². The molecule has 1 aromatic heterocycles. The first-order chi connectivity index (χ1) is 18.7. The van der Waals surface area contributed by atoms with Gasteiger partial charge in [-0.2, -0.15) is 5.10 Å². The van der Waals surface area contributed by atoms with Crippen LogP contribution in [0.1, 0.15) is 43.2 Å². The Morgan fingerprint density at radius 3 is 2.23 bits per heavy atom. The molecule has 6 heteroatoms. The van der Waals surface area contributed by atoms with Crippen molar-refractivity contribution < 1.29 is 9.59 Å². The molecule has 2 amide bonds. The fourth-order valence-electron chi connectivity index (χ4n) is 4.19. The van der Waals surface area contributed by atoms with Crippen molar-refractivity contribution in [1.29, 1.82) is 0 Å². The third-order valence-electron chi connectivity index (χ3n) is 6.47. The van der Waals surface area contributed by atoms with Crippen LogP contribution in [-0.2, 0) is 21.4 Å². The van der Waals surface area contributed by atoms with Gasteiger partial charge in [-0.25, -0.2) is 4.68 Å². The minimum atomic E-state index is -0.278. The molecule has 0 unspecified atom stereocenters. The zero-order chi connectivity index (χ0) is 27.8. The number of hydrogen-bond donors (Lipinski definition) is 1. The van der Waals surface area contributed by atoms with E-state index in [1.54, 1.807) is 15.7 Å². The maximum atomic E-state index is 13.4.